The molecule has 0 spiro atoms. The molecule has 4 N–H and O–H groups in total. The number of rotatable bonds is 29. The Morgan fingerprint density at radius 2 is 1.09 bits per heavy atom. The molecule has 0 saturated carbocycles. The number of ether oxygens (including phenoxy) is 4. The van der Waals surface area contributed by atoms with Crippen molar-refractivity contribution in [3.8, 4) is 0 Å². The fourth-order valence-electron chi connectivity index (χ4n) is 5.56. The van der Waals surface area contributed by atoms with Gasteiger partial charge in [-0.05, 0) is 12.8 Å². The van der Waals surface area contributed by atoms with Gasteiger partial charge < -0.3 is 34.3 Å². The number of hydrogen-bond acceptors (Lipinski definition) is 11. The van der Waals surface area contributed by atoms with E-state index in [0.717, 1.165) is 51.4 Å². The highest BCUT2D eigenvalue weighted by atomic mass is 32.2. The summed E-state index contributed by atoms with van der Waals surface area (Å²) >= 11 is 0. The molecule has 0 unspecified atom stereocenters. The van der Waals surface area contributed by atoms with Crippen molar-refractivity contribution < 1.29 is 56.8 Å². The van der Waals surface area contributed by atoms with Crippen molar-refractivity contribution in [1.82, 2.24) is 0 Å². The van der Waals surface area contributed by atoms with Crippen LogP contribution in [0.5, 0.6) is 0 Å². The van der Waals surface area contributed by atoms with Crippen LogP contribution in [-0.4, -0.2) is 96.0 Å². The van der Waals surface area contributed by atoms with Crippen LogP contribution in [0.3, 0.4) is 0 Å². The van der Waals surface area contributed by atoms with E-state index in [1.807, 2.05) is 0 Å². The van der Waals surface area contributed by atoms with E-state index < -0.39 is 71.2 Å². The number of unbranched alkanes of at least 4 members (excludes halogenated alkanes) is 17. The Kier molecular flexibility index (Phi) is 24.6. The molecule has 1 heterocycles. The Morgan fingerprint density at radius 3 is 1.55 bits per heavy atom. The zero-order valence-electron chi connectivity index (χ0n) is 28.9. The predicted molar refractivity (Wildman–Crippen MR) is 178 cm³/mol. The molecule has 6 atom stereocenters. The SMILES string of the molecule is CCCCCCCCCCCCCCCC(=O)O[C@H](COC(=O)CCCCCCCC)CO[C@@H]1O[C@H](CS(=O)(=O)O)[C@@H](O)[C@H](O)[C@H]1O. The minimum Gasteiger partial charge on any atom is -0.462 e. The summed E-state index contributed by atoms with van der Waals surface area (Å²) in [6.45, 7) is 3.65. The molecule has 278 valence electrons. The first-order valence-electron chi connectivity index (χ1n) is 18.1. The molecule has 0 radical (unpaired) electrons. The van der Waals surface area contributed by atoms with Crippen molar-refractivity contribution in [1.29, 1.82) is 0 Å². The van der Waals surface area contributed by atoms with Gasteiger partial charge in [0.1, 0.15) is 36.8 Å². The molecule has 0 aromatic carbocycles. The molecule has 1 aliphatic rings. The van der Waals surface area contributed by atoms with E-state index in [1.165, 1.54) is 57.8 Å². The Hall–Kier alpha value is -1.35. The topological polar surface area (TPSA) is 186 Å². The molecular formula is C34H64O12S. The maximum absolute atomic E-state index is 12.6. The van der Waals surface area contributed by atoms with Crippen LogP contribution in [0.15, 0.2) is 0 Å². The Bertz CT molecular complexity index is 915. The van der Waals surface area contributed by atoms with Gasteiger partial charge in [0.05, 0.1) is 6.61 Å². The van der Waals surface area contributed by atoms with Gasteiger partial charge in [-0.15, -0.1) is 0 Å². The molecule has 1 saturated heterocycles. The number of carbonyl (C=O) groups is 2. The van der Waals surface area contributed by atoms with Crippen molar-refractivity contribution >= 4 is 22.1 Å². The smallest absolute Gasteiger partial charge is 0.306 e. The van der Waals surface area contributed by atoms with Gasteiger partial charge in [0.15, 0.2) is 12.4 Å². The first-order chi connectivity index (χ1) is 22.5. The lowest BCUT2D eigenvalue weighted by atomic mass is 10.00. The first kappa shape index (κ1) is 43.7. The summed E-state index contributed by atoms with van der Waals surface area (Å²) in [6, 6.07) is 0. The van der Waals surface area contributed by atoms with Gasteiger partial charge in [0, 0.05) is 12.8 Å². The molecular weight excluding hydrogens is 632 g/mol. The maximum Gasteiger partial charge on any atom is 0.306 e. The van der Waals surface area contributed by atoms with Gasteiger partial charge in [-0.1, -0.05) is 123 Å². The first-order valence-corrected chi connectivity index (χ1v) is 19.7. The van der Waals surface area contributed by atoms with Crippen molar-refractivity contribution in [3.05, 3.63) is 0 Å². The van der Waals surface area contributed by atoms with Crippen molar-refractivity contribution in [3.63, 3.8) is 0 Å². The molecule has 1 rings (SSSR count). The Morgan fingerprint density at radius 1 is 0.638 bits per heavy atom. The lowest BCUT2D eigenvalue weighted by Gasteiger charge is -2.40. The summed E-state index contributed by atoms with van der Waals surface area (Å²) in [5, 5.41) is 30.6. The molecule has 13 heteroatoms. The number of carbonyl (C=O) groups excluding carboxylic acids is 2. The predicted octanol–water partition coefficient (Wildman–Crippen LogP) is 5.39. The van der Waals surface area contributed by atoms with E-state index in [2.05, 4.69) is 13.8 Å². The fourth-order valence-corrected chi connectivity index (χ4v) is 6.25. The summed E-state index contributed by atoms with van der Waals surface area (Å²) in [6.07, 6.45) is 12.1. The fraction of sp³-hybridized carbons (Fsp3) is 0.941. The van der Waals surface area contributed by atoms with E-state index in [1.54, 1.807) is 0 Å². The van der Waals surface area contributed by atoms with E-state index in [0.29, 0.717) is 12.8 Å². The highest BCUT2D eigenvalue weighted by Crippen LogP contribution is 2.24. The van der Waals surface area contributed by atoms with Crippen LogP contribution in [0.4, 0.5) is 0 Å². The van der Waals surface area contributed by atoms with E-state index in [4.69, 9.17) is 23.5 Å². The van der Waals surface area contributed by atoms with Gasteiger partial charge in [0.25, 0.3) is 10.1 Å². The normalized spacial score (nSPS) is 22.2. The maximum atomic E-state index is 12.6. The third kappa shape index (κ3) is 22.1. The largest absolute Gasteiger partial charge is 0.462 e. The number of hydrogen-bond donors (Lipinski definition) is 4. The van der Waals surface area contributed by atoms with Crippen LogP contribution >= 0.6 is 0 Å². The number of esters is 2. The van der Waals surface area contributed by atoms with E-state index in [9.17, 15) is 33.3 Å². The standard InChI is InChI=1S/C34H64O12S/c1-3-5-7-9-11-12-13-14-15-16-17-19-21-23-30(36)45-27(24-43-29(35)22-20-18-10-8-6-4-2)25-44-34-33(39)32(38)31(37)28(46-34)26-47(40,41)42/h27-28,31-34,37-39H,3-26H2,1-2H3,(H,40,41,42)/t27-,28-,31-,32+,33-,34-/m1/s1. The quantitative estimate of drug-likeness (QED) is 0.0445. The molecule has 0 aliphatic carbocycles. The lowest BCUT2D eigenvalue weighted by Crippen LogP contribution is -2.60. The molecule has 47 heavy (non-hydrogen) atoms. The molecule has 12 nitrogen and oxygen atoms in total. The molecule has 1 aliphatic heterocycles. The van der Waals surface area contributed by atoms with E-state index >= 15 is 0 Å². The van der Waals surface area contributed by atoms with Gasteiger partial charge in [-0.2, -0.15) is 8.42 Å². The van der Waals surface area contributed by atoms with E-state index in [-0.39, 0.29) is 19.4 Å². The summed E-state index contributed by atoms with van der Waals surface area (Å²) in [5.41, 5.74) is 0. The Labute approximate surface area is 283 Å². The van der Waals surface area contributed by atoms with Crippen molar-refractivity contribution in [2.24, 2.45) is 0 Å². The summed E-state index contributed by atoms with van der Waals surface area (Å²) < 4.78 is 53.5. The number of aliphatic hydroxyl groups excluding tert-OH is 3. The van der Waals surface area contributed by atoms with Gasteiger partial charge >= 0.3 is 11.9 Å². The second kappa shape index (κ2) is 26.5. The van der Waals surface area contributed by atoms with Gasteiger partial charge in [-0.25, -0.2) is 0 Å². The van der Waals surface area contributed by atoms with Gasteiger partial charge in [-0.3, -0.25) is 14.1 Å². The monoisotopic (exact) mass is 696 g/mol. The minimum absolute atomic E-state index is 0.170. The molecule has 0 bridgehead atoms. The molecule has 0 aromatic heterocycles. The molecule has 0 amide bonds. The second-order valence-corrected chi connectivity index (χ2v) is 14.4. The highest BCUT2D eigenvalue weighted by Gasteiger charge is 2.46. The van der Waals surface area contributed by atoms with Gasteiger partial charge in [0.2, 0.25) is 0 Å². The summed E-state index contributed by atoms with van der Waals surface area (Å²) in [4.78, 5) is 25.0. The van der Waals surface area contributed by atoms with Crippen LogP contribution in [0, 0.1) is 0 Å². The van der Waals surface area contributed by atoms with Crippen LogP contribution < -0.4 is 0 Å². The molecule has 1 fully saturated rings. The highest BCUT2D eigenvalue weighted by molar-refractivity contribution is 7.85. The van der Waals surface area contributed by atoms with Crippen molar-refractivity contribution in [2.75, 3.05) is 19.0 Å². The average Bonchev–Trinajstić information content (AvgIpc) is 3.02. The van der Waals surface area contributed by atoms with Crippen LogP contribution in [0.25, 0.3) is 0 Å². The third-order valence-electron chi connectivity index (χ3n) is 8.44. The minimum atomic E-state index is -4.59. The van der Waals surface area contributed by atoms with Crippen LogP contribution in [0.1, 0.15) is 149 Å². The second-order valence-electron chi connectivity index (χ2n) is 12.9. The number of aliphatic hydroxyl groups is 3. The summed E-state index contributed by atoms with van der Waals surface area (Å²) in [5.74, 6) is -1.98. The van der Waals surface area contributed by atoms with Crippen LogP contribution in [0.2, 0.25) is 0 Å². The third-order valence-corrected chi connectivity index (χ3v) is 9.19. The molecule has 0 aromatic rings. The average molecular weight is 697 g/mol. The van der Waals surface area contributed by atoms with Crippen molar-refractivity contribution in [2.45, 2.75) is 185 Å². The van der Waals surface area contributed by atoms with Crippen LogP contribution in [-0.2, 0) is 38.7 Å². The Balaban J connectivity index is 2.52. The zero-order chi connectivity index (χ0) is 34.9. The summed E-state index contributed by atoms with van der Waals surface area (Å²) in [7, 11) is -4.59. The lowest BCUT2D eigenvalue weighted by molar-refractivity contribution is -0.297. The zero-order valence-corrected chi connectivity index (χ0v) is 29.7.